The van der Waals surface area contributed by atoms with Gasteiger partial charge in [-0.2, -0.15) is 5.26 Å². The van der Waals surface area contributed by atoms with E-state index in [1.54, 1.807) is 45.0 Å². The Morgan fingerprint density at radius 1 is 1.35 bits per heavy atom. The zero-order valence-electron chi connectivity index (χ0n) is 17.6. The lowest BCUT2D eigenvalue weighted by atomic mass is 10.2. The van der Waals surface area contributed by atoms with Crippen LogP contribution in [0.5, 0.6) is 0 Å². The number of nitriles is 1. The molecule has 0 radical (unpaired) electrons. The monoisotopic (exact) mass is 440 g/mol. The van der Waals surface area contributed by atoms with Crippen molar-refractivity contribution < 1.29 is 14.3 Å². The van der Waals surface area contributed by atoms with Crippen LogP contribution in [0.4, 0.5) is 11.4 Å². The summed E-state index contributed by atoms with van der Waals surface area (Å²) in [6, 6.07) is 8.90. The first-order valence-corrected chi connectivity index (χ1v) is 10.4. The average Bonchev–Trinajstić information content (AvgIpc) is 3.06. The standard InChI is InChI=1S/C22H24N4O4S/c1-5-10-30-22(29)17(12-23)21-26(6-2)20(28)18(31-21)13-24-15-8-7-9-16(11-15)25-19(27)14(3)4/h5,7-9,11,13-14,24H,1,6,10H2,2-4H3,(H,25,27)/b18-13+,21-17-. The minimum absolute atomic E-state index is 0.0318. The highest BCUT2D eigenvalue weighted by Gasteiger charge is 2.16. The maximum atomic E-state index is 12.7. The first-order chi connectivity index (χ1) is 14.8. The quantitative estimate of drug-likeness (QED) is 0.478. The molecule has 0 aliphatic rings. The fourth-order valence-electron chi connectivity index (χ4n) is 2.50. The highest BCUT2D eigenvalue weighted by atomic mass is 32.1. The minimum atomic E-state index is -0.807. The average molecular weight is 441 g/mol. The topological polar surface area (TPSA) is 113 Å². The molecule has 0 unspecified atom stereocenters. The van der Waals surface area contributed by atoms with Crippen molar-refractivity contribution in [3.8, 4) is 6.07 Å². The molecule has 0 aliphatic carbocycles. The van der Waals surface area contributed by atoms with Gasteiger partial charge in [-0.05, 0) is 25.1 Å². The smallest absolute Gasteiger partial charge is 0.352 e. The van der Waals surface area contributed by atoms with E-state index in [4.69, 9.17) is 4.74 Å². The highest BCUT2D eigenvalue weighted by Crippen LogP contribution is 2.15. The van der Waals surface area contributed by atoms with Gasteiger partial charge in [0.25, 0.3) is 5.56 Å². The van der Waals surface area contributed by atoms with Crippen molar-refractivity contribution >= 4 is 46.4 Å². The van der Waals surface area contributed by atoms with Crippen molar-refractivity contribution in [1.82, 2.24) is 4.57 Å². The predicted molar refractivity (Wildman–Crippen MR) is 122 cm³/mol. The number of aromatic nitrogens is 1. The summed E-state index contributed by atoms with van der Waals surface area (Å²) in [5, 5.41) is 15.3. The molecular formula is C22H24N4O4S. The van der Waals surface area contributed by atoms with Crippen molar-refractivity contribution in [3.63, 3.8) is 0 Å². The minimum Gasteiger partial charge on any atom is -0.457 e. The number of nitrogens with zero attached hydrogens (tertiary/aromatic N) is 2. The number of benzene rings is 1. The van der Waals surface area contributed by atoms with Gasteiger partial charge in [0.15, 0.2) is 5.57 Å². The van der Waals surface area contributed by atoms with Crippen LogP contribution in [0.3, 0.4) is 0 Å². The van der Waals surface area contributed by atoms with E-state index >= 15 is 0 Å². The van der Waals surface area contributed by atoms with Crippen molar-refractivity contribution in [2.75, 3.05) is 17.2 Å². The van der Waals surface area contributed by atoms with Crippen LogP contribution in [-0.2, 0) is 20.9 Å². The Balaban J connectivity index is 2.43. The van der Waals surface area contributed by atoms with Crippen molar-refractivity contribution in [2.45, 2.75) is 27.3 Å². The summed E-state index contributed by atoms with van der Waals surface area (Å²) in [5.74, 6) is -1.05. The Morgan fingerprint density at radius 3 is 2.68 bits per heavy atom. The lowest BCUT2D eigenvalue weighted by molar-refractivity contribution is -0.135. The summed E-state index contributed by atoms with van der Waals surface area (Å²) in [4.78, 5) is 36.8. The summed E-state index contributed by atoms with van der Waals surface area (Å²) < 4.78 is 6.85. The molecule has 2 rings (SSSR count). The van der Waals surface area contributed by atoms with Crippen molar-refractivity contribution in [1.29, 1.82) is 5.26 Å². The third-order valence-corrected chi connectivity index (χ3v) is 5.24. The SMILES string of the molecule is C=CCOC(=O)/C(C#N)=c1\s/c(=C/Nc2cccc(NC(=O)C(C)C)c2)c(=O)n1CC. The number of thiazole rings is 1. The Kier molecular flexibility index (Phi) is 8.34. The Hall–Kier alpha value is -3.64. The number of hydrogen-bond acceptors (Lipinski definition) is 7. The number of anilines is 2. The number of amides is 1. The molecule has 1 heterocycles. The van der Waals surface area contributed by atoms with E-state index in [-0.39, 0.29) is 40.8 Å². The van der Waals surface area contributed by atoms with Crippen LogP contribution in [-0.4, -0.2) is 23.1 Å². The van der Waals surface area contributed by atoms with Crippen LogP contribution in [0.2, 0.25) is 0 Å². The highest BCUT2D eigenvalue weighted by molar-refractivity contribution is 7.07. The molecule has 9 heteroatoms. The third-order valence-electron chi connectivity index (χ3n) is 4.11. The molecule has 0 fully saturated rings. The molecule has 1 aromatic carbocycles. The molecule has 8 nitrogen and oxygen atoms in total. The molecule has 0 atom stereocenters. The zero-order valence-corrected chi connectivity index (χ0v) is 18.4. The molecule has 0 bridgehead atoms. The van der Waals surface area contributed by atoms with E-state index in [0.29, 0.717) is 15.9 Å². The molecule has 2 aromatic rings. The number of nitrogens with one attached hydrogen (secondary N) is 2. The second-order valence-electron chi connectivity index (χ2n) is 6.71. The summed E-state index contributed by atoms with van der Waals surface area (Å²) >= 11 is 1.02. The zero-order chi connectivity index (χ0) is 23.0. The number of hydrogen-bond donors (Lipinski definition) is 2. The Labute approximate surface area is 183 Å². The van der Waals surface area contributed by atoms with Gasteiger partial charge in [0.1, 0.15) is 21.9 Å². The van der Waals surface area contributed by atoms with Gasteiger partial charge < -0.3 is 15.4 Å². The number of ether oxygens (including phenoxy) is 1. The fraction of sp³-hybridized carbons (Fsp3) is 0.273. The normalized spacial score (nSPS) is 12.2. The van der Waals surface area contributed by atoms with Gasteiger partial charge in [0.05, 0.1) is 0 Å². The number of esters is 1. The van der Waals surface area contributed by atoms with Gasteiger partial charge in [-0.1, -0.05) is 32.6 Å². The van der Waals surface area contributed by atoms with E-state index in [1.807, 2.05) is 6.07 Å². The van der Waals surface area contributed by atoms with E-state index in [2.05, 4.69) is 17.2 Å². The predicted octanol–water partition coefficient (Wildman–Crippen LogP) is 1.78. The summed E-state index contributed by atoms with van der Waals surface area (Å²) in [7, 11) is 0. The lowest BCUT2D eigenvalue weighted by Gasteiger charge is -2.09. The van der Waals surface area contributed by atoms with Crippen molar-refractivity contribution in [2.24, 2.45) is 5.92 Å². The maximum Gasteiger partial charge on any atom is 0.352 e. The van der Waals surface area contributed by atoms with Gasteiger partial charge in [-0.15, -0.1) is 11.3 Å². The molecular weight excluding hydrogens is 416 g/mol. The van der Waals surface area contributed by atoms with Crippen LogP contribution in [0.1, 0.15) is 20.8 Å². The molecule has 2 N–H and O–H groups in total. The number of rotatable bonds is 8. The van der Waals surface area contributed by atoms with E-state index in [0.717, 1.165) is 11.3 Å². The first-order valence-electron chi connectivity index (χ1n) is 9.62. The lowest BCUT2D eigenvalue weighted by Crippen LogP contribution is -2.32. The van der Waals surface area contributed by atoms with Crippen LogP contribution >= 0.6 is 11.3 Å². The summed E-state index contributed by atoms with van der Waals surface area (Å²) in [6.45, 7) is 9.08. The Morgan fingerprint density at radius 2 is 2.06 bits per heavy atom. The molecule has 0 spiro atoms. The summed E-state index contributed by atoms with van der Waals surface area (Å²) in [6.07, 6.45) is 2.91. The van der Waals surface area contributed by atoms with Gasteiger partial charge in [0, 0.05) is 30.0 Å². The van der Waals surface area contributed by atoms with E-state index in [9.17, 15) is 19.6 Å². The second kappa shape index (κ2) is 10.9. The van der Waals surface area contributed by atoms with E-state index in [1.165, 1.54) is 16.8 Å². The second-order valence-corrected chi connectivity index (χ2v) is 7.74. The third kappa shape index (κ3) is 5.93. The van der Waals surface area contributed by atoms with Crippen LogP contribution in [0, 0.1) is 17.2 Å². The maximum absolute atomic E-state index is 12.7. The summed E-state index contributed by atoms with van der Waals surface area (Å²) in [5.41, 5.74) is 0.723. The molecule has 0 aliphatic heterocycles. The fourth-order valence-corrected chi connectivity index (χ4v) is 3.58. The molecule has 31 heavy (non-hydrogen) atoms. The molecule has 1 amide bonds. The van der Waals surface area contributed by atoms with Gasteiger partial charge in [-0.3, -0.25) is 14.2 Å². The van der Waals surface area contributed by atoms with Gasteiger partial charge >= 0.3 is 5.97 Å². The molecule has 0 saturated heterocycles. The molecule has 162 valence electrons. The largest absolute Gasteiger partial charge is 0.457 e. The first kappa shape index (κ1) is 23.6. The van der Waals surface area contributed by atoms with Crippen LogP contribution in [0.25, 0.3) is 11.8 Å². The van der Waals surface area contributed by atoms with Gasteiger partial charge in [-0.25, -0.2) is 4.79 Å². The van der Waals surface area contributed by atoms with Gasteiger partial charge in [0.2, 0.25) is 5.91 Å². The molecule has 1 aromatic heterocycles. The van der Waals surface area contributed by atoms with Crippen LogP contribution < -0.4 is 25.4 Å². The molecule has 0 saturated carbocycles. The number of carbonyl (C=O) groups is 2. The Bertz CT molecular complexity index is 1200. The van der Waals surface area contributed by atoms with Crippen LogP contribution in [0.15, 0.2) is 41.7 Å². The van der Waals surface area contributed by atoms with Crippen molar-refractivity contribution in [3.05, 3.63) is 56.5 Å². The van der Waals surface area contributed by atoms with E-state index < -0.39 is 5.97 Å². The number of carbonyl (C=O) groups excluding carboxylic acids is 2.